The molecule has 0 bridgehead atoms. The smallest absolute Gasteiger partial charge is 0.255 e. The van der Waals surface area contributed by atoms with E-state index in [-0.39, 0.29) is 23.7 Å². The van der Waals surface area contributed by atoms with E-state index in [2.05, 4.69) is 26.6 Å². The van der Waals surface area contributed by atoms with Gasteiger partial charge in [-0.05, 0) is 60.4 Å². The van der Waals surface area contributed by atoms with Crippen LogP contribution < -0.4 is 10.6 Å². The quantitative estimate of drug-likeness (QED) is 0.529. The predicted molar refractivity (Wildman–Crippen MR) is 118 cm³/mol. The number of fused-ring (bicyclic) bond motifs is 1. The minimum absolute atomic E-state index is 0.190. The van der Waals surface area contributed by atoms with Gasteiger partial charge in [0.25, 0.3) is 11.8 Å². The zero-order chi connectivity index (χ0) is 21.4. The number of nitrogens with one attached hydrogen (secondary N) is 2. The Balaban J connectivity index is 1.77. The lowest BCUT2D eigenvalue weighted by Crippen LogP contribution is -2.21. The van der Waals surface area contributed by atoms with Gasteiger partial charge in [0.05, 0.1) is 6.04 Å². The van der Waals surface area contributed by atoms with Crippen LogP contribution in [0, 0.1) is 12.7 Å². The Morgan fingerprint density at radius 1 is 1.17 bits per heavy atom. The number of rotatable bonds is 4. The van der Waals surface area contributed by atoms with E-state index in [4.69, 9.17) is 0 Å². The molecule has 4 nitrogen and oxygen atoms in total. The van der Waals surface area contributed by atoms with Gasteiger partial charge in [0, 0.05) is 26.9 Å². The first-order chi connectivity index (χ1) is 14.4. The molecule has 0 fully saturated rings. The van der Waals surface area contributed by atoms with Gasteiger partial charge in [0.1, 0.15) is 5.82 Å². The van der Waals surface area contributed by atoms with Crippen LogP contribution in [0.2, 0.25) is 0 Å². The molecular formula is C24H20BrFN2O2. The van der Waals surface area contributed by atoms with Gasteiger partial charge in [-0.15, -0.1) is 0 Å². The summed E-state index contributed by atoms with van der Waals surface area (Å²) in [6.45, 7) is 3.83. The van der Waals surface area contributed by atoms with Gasteiger partial charge in [-0.25, -0.2) is 4.39 Å². The molecule has 30 heavy (non-hydrogen) atoms. The Bertz CT molecular complexity index is 1180. The second-order valence-corrected chi connectivity index (χ2v) is 8.21. The zero-order valence-corrected chi connectivity index (χ0v) is 18.1. The fourth-order valence-corrected chi connectivity index (χ4v) is 4.28. The van der Waals surface area contributed by atoms with E-state index in [9.17, 15) is 14.0 Å². The van der Waals surface area contributed by atoms with Crippen molar-refractivity contribution in [2.75, 3.05) is 5.32 Å². The summed E-state index contributed by atoms with van der Waals surface area (Å²) in [5.41, 5.74) is 4.64. The molecule has 1 heterocycles. The van der Waals surface area contributed by atoms with Gasteiger partial charge in [0.2, 0.25) is 0 Å². The average Bonchev–Trinajstić information content (AvgIpc) is 3.05. The molecule has 0 saturated heterocycles. The minimum atomic E-state index is -0.364. The SMILES string of the molecule is CCc1cc(C(=O)Nc2cc(Br)cc3c2C(c2ccccc2C)NC3=O)ccc1F. The molecule has 152 valence electrons. The number of hydrogen-bond acceptors (Lipinski definition) is 2. The maximum atomic E-state index is 13.8. The monoisotopic (exact) mass is 466 g/mol. The van der Waals surface area contributed by atoms with Crippen molar-refractivity contribution in [2.45, 2.75) is 26.3 Å². The molecule has 0 aromatic heterocycles. The van der Waals surface area contributed by atoms with Gasteiger partial charge in [-0.3, -0.25) is 9.59 Å². The number of hydrogen-bond donors (Lipinski definition) is 2. The third kappa shape index (κ3) is 3.63. The lowest BCUT2D eigenvalue weighted by molar-refractivity contribution is 0.0959. The lowest BCUT2D eigenvalue weighted by atomic mass is 9.93. The molecule has 3 aromatic rings. The molecule has 4 rings (SSSR count). The van der Waals surface area contributed by atoms with Crippen molar-refractivity contribution < 1.29 is 14.0 Å². The van der Waals surface area contributed by atoms with Crippen molar-refractivity contribution in [3.63, 3.8) is 0 Å². The molecule has 0 radical (unpaired) electrons. The maximum absolute atomic E-state index is 13.8. The summed E-state index contributed by atoms with van der Waals surface area (Å²) in [6.07, 6.45) is 0.493. The summed E-state index contributed by atoms with van der Waals surface area (Å²) in [4.78, 5) is 25.6. The highest BCUT2D eigenvalue weighted by molar-refractivity contribution is 9.10. The lowest BCUT2D eigenvalue weighted by Gasteiger charge is -2.19. The Kier molecular flexibility index (Phi) is 5.43. The van der Waals surface area contributed by atoms with Crippen LogP contribution in [0.1, 0.15) is 55.9 Å². The van der Waals surface area contributed by atoms with Crippen LogP contribution in [0.15, 0.2) is 59.1 Å². The van der Waals surface area contributed by atoms with Crippen LogP contribution in [0.25, 0.3) is 0 Å². The van der Waals surface area contributed by atoms with Crippen LogP contribution in [0.3, 0.4) is 0 Å². The van der Waals surface area contributed by atoms with E-state index in [1.807, 2.05) is 38.1 Å². The van der Waals surface area contributed by atoms with Crippen molar-refractivity contribution in [2.24, 2.45) is 0 Å². The Morgan fingerprint density at radius 3 is 2.67 bits per heavy atom. The third-order valence-electron chi connectivity index (χ3n) is 5.39. The van der Waals surface area contributed by atoms with Crippen LogP contribution in [0.4, 0.5) is 10.1 Å². The van der Waals surface area contributed by atoms with Crippen LogP contribution in [-0.2, 0) is 6.42 Å². The number of aryl methyl sites for hydroxylation is 2. The van der Waals surface area contributed by atoms with E-state index >= 15 is 0 Å². The minimum Gasteiger partial charge on any atom is -0.341 e. The number of amides is 2. The highest BCUT2D eigenvalue weighted by Crippen LogP contribution is 2.39. The van der Waals surface area contributed by atoms with E-state index in [0.29, 0.717) is 33.3 Å². The fraction of sp³-hybridized carbons (Fsp3) is 0.167. The molecule has 1 atom stereocenters. The fourth-order valence-electron chi connectivity index (χ4n) is 3.83. The third-order valence-corrected chi connectivity index (χ3v) is 5.85. The number of benzene rings is 3. The van der Waals surface area contributed by atoms with Gasteiger partial charge in [0.15, 0.2) is 0 Å². The predicted octanol–water partition coefficient (Wildman–Crippen LogP) is 5.54. The molecule has 1 aliphatic rings. The van der Waals surface area contributed by atoms with Crippen molar-refractivity contribution in [1.29, 1.82) is 0 Å². The first kappa shape index (κ1) is 20.3. The van der Waals surface area contributed by atoms with Gasteiger partial charge in [-0.2, -0.15) is 0 Å². The highest BCUT2D eigenvalue weighted by atomic mass is 79.9. The second-order valence-electron chi connectivity index (χ2n) is 7.29. The molecule has 0 spiro atoms. The first-order valence-electron chi connectivity index (χ1n) is 9.68. The van der Waals surface area contributed by atoms with Crippen molar-refractivity contribution in [3.05, 3.63) is 98.3 Å². The normalized spacial score (nSPS) is 14.9. The topological polar surface area (TPSA) is 58.2 Å². The Morgan fingerprint density at radius 2 is 1.93 bits per heavy atom. The summed E-state index contributed by atoms with van der Waals surface area (Å²) in [6, 6.07) is 15.3. The highest BCUT2D eigenvalue weighted by Gasteiger charge is 2.34. The molecule has 6 heteroatoms. The van der Waals surface area contributed by atoms with E-state index in [0.717, 1.165) is 16.7 Å². The van der Waals surface area contributed by atoms with Gasteiger partial charge in [-0.1, -0.05) is 47.1 Å². The Hall–Kier alpha value is -2.99. The second kappa shape index (κ2) is 8.03. The summed E-state index contributed by atoms with van der Waals surface area (Å²) < 4.78 is 14.5. The summed E-state index contributed by atoms with van der Waals surface area (Å²) in [7, 11) is 0. The average molecular weight is 467 g/mol. The zero-order valence-electron chi connectivity index (χ0n) is 16.6. The molecule has 3 aromatic carbocycles. The molecule has 0 aliphatic carbocycles. The van der Waals surface area contributed by atoms with Crippen molar-refractivity contribution in [1.82, 2.24) is 5.32 Å². The van der Waals surface area contributed by atoms with Crippen LogP contribution in [0.5, 0.6) is 0 Å². The summed E-state index contributed by atoms with van der Waals surface area (Å²) >= 11 is 3.43. The van der Waals surface area contributed by atoms with Crippen molar-refractivity contribution >= 4 is 33.4 Å². The number of anilines is 1. The van der Waals surface area contributed by atoms with E-state index in [1.165, 1.54) is 12.1 Å². The summed E-state index contributed by atoms with van der Waals surface area (Å²) in [5.74, 6) is -0.871. The molecule has 1 aliphatic heterocycles. The van der Waals surface area contributed by atoms with E-state index < -0.39 is 0 Å². The van der Waals surface area contributed by atoms with Crippen LogP contribution in [-0.4, -0.2) is 11.8 Å². The Labute approximate surface area is 182 Å². The molecule has 2 amide bonds. The maximum Gasteiger partial charge on any atom is 0.255 e. The van der Waals surface area contributed by atoms with E-state index in [1.54, 1.807) is 18.2 Å². The first-order valence-corrected chi connectivity index (χ1v) is 10.5. The molecule has 1 unspecified atom stereocenters. The molecule has 0 saturated carbocycles. The summed E-state index contributed by atoms with van der Waals surface area (Å²) in [5, 5.41) is 5.95. The van der Waals surface area contributed by atoms with Gasteiger partial charge >= 0.3 is 0 Å². The number of halogens is 2. The molecule has 2 N–H and O–H groups in total. The van der Waals surface area contributed by atoms with Gasteiger partial charge < -0.3 is 10.6 Å². The number of carbonyl (C=O) groups excluding carboxylic acids is 2. The standard InChI is InChI=1S/C24H20BrFN2O2/c1-3-14-10-15(8-9-19(14)26)23(29)27-20-12-16(25)11-18-21(20)22(28-24(18)30)17-7-5-4-6-13(17)2/h4-12,22H,3H2,1-2H3,(H,27,29)(H,28,30). The largest absolute Gasteiger partial charge is 0.341 e. The molecular weight excluding hydrogens is 447 g/mol. The van der Waals surface area contributed by atoms with Crippen molar-refractivity contribution in [3.8, 4) is 0 Å². The number of carbonyl (C=O) groups is 2. The van der Waals surface area contributed by atoms with Crippen LogP contribution >= 0.6 is 15.9 Å².